The minimum Gasteiger partial charge on any atom is -0.264 e. The maximum Gasteiger partial charge on any atom is 0.0677 e. The molecule has 0 aromatic carbocycles. The van der Waals surface area contributed by atoms with Gasteiger partial charge in [-0.1, -0.05) is 20.8 Å². The summed E-state index contributed by atoms with van der Waals surface area (Å²) in [5, 5.41) is 0. The van der Waals surface area contributed by atoms with E-state index in [9.17, 15) is 4.21 Å². The largest absolute Gasteiger partial charge is 0.264 e. The standard InChI is InChI=1S/C9H16N2OS/c1-9(2,3)8-5-7(6-11-8)13(4,10)12/h6,10H,5H2,1-4H3. The molecule has 0 saturated carbocycles. The van der Waals surface area contributed by atoms with Crippen LogP contribution in [0, 0.1) is 10.2 Å². The van der Waals surface area contributed by atoms with E-state index >= 15 is 0 Å². The van der Waals surface area contributed by atoms with Gasteiger partial charge in [0.25, 0.3) is 0 Å². The molecule has 1 heterocycles. The monoisotopic (exact) mass is 200 g/mol. The fourth-order valence-corrected chi connectivity index (χ4v) is 1.77. The fourth-order valence-electron chi connectivity index (χ4n) is 1.10. The van der Waals surface area contributed by atoms with Crippen LogP contribution < -0.4 is 0 Å². The number of allylic oxidation sites excluding steroid dienone is 1. The second-order valence-corrected chi connectivity index (χ2v) is 6.65. The third-order valence-corrected chi connectivity index (χ3v) is 3.32. The molecule has 0 bridgehead atoms. The van der Waals surface area contributed by atoms with Crippen molar-refractivity contribution in [1.29, 1.82) is 4.78 Å². The molecule has 0 fully saturated rings. The van der Waals surface area contributed by atoms with Gasteiger partial charge in [-0.2, -0.15) is 0 Å². The predicted octanol–water partition coefficient (Wildman–Crippen LogP) is 2.40. The lowest BCUT2D eigenvalue weighted by molar-refractivity contribution is 0.584. The van der Waals surface area contributed by atoms with E-state index in [1.807, 2.05) is 0 Å². The number of nitrogens with zero attached hydrogens (tertiary/aromatic N) is 1. The Bertz CT molecular complexity index is 369. The topological polar surface area (TPSA) is 53.3 Å². The zero-order valence-electron chi connectivity index (χ0n) is 8.55. The molecule has 0 radical (unpaired) electrons. The van der Waals surface area contributed by atoms with E-state index in [0.29, 0.717) is 11.3 Å². The lowest BCUT2D eigenvalue weighted by Gasteiger charge is -2.18. The van der Waals surface area contributed by atoms with E-state index < -0.39 is 9.73 Å². The first-order valence-corrected chi connectivity index (χ1v) is 6.18. The number of nitrogens with one attached hydrogen (secondary N) is 1. The zero-order chi connectivity index (χ0) is 10.3. The minimum atomic E-state index is -2.55. The van der Waals surface area contributed by atoms with Crippen LogP contribution in [0.5, 0.6) is 0 Å². The van der Waals surface area contributed by atoms with Crippen molar-refractivity contribution in [3.8, 4) is 0 Å². The number of aliphatic imine (C=N–C) groups is 1. The second-order valence-electron chi connectivity index (χ2n) is 4.44. The van der Waals surface area contributed by atoms with E-state index in [2.05, 4.69) is 25.8 Å². The highest BCUT2D eigenvalue weighted by Gasteiger charge is 2.25. The van der Waals surface area contributed by atoms with Crippen molar-refractivity contribution in [1.82, 2.24) is 0 Å². The number of hydrogen-bond donors (Lipinski definition) is 1. The summed E-state index contributed by atoms with van der Waals surface area (Å²) >= 11 is 0. The molecule has 0 aliphatic carbocycles. The van der Waals surface area contributed by atoms with Gasteiger partial charge in [-0.3, -0.25) is 4.99 Å². The molecule has 0 amide bonds. The SMILES string of the molecule is CC(C)(C)C1=NC=C(S(C)(=N)=O)C1. The van der Waals surface area contributed by atoms with Crippen LogP contribution in [0.25, 0.3) is 0 Å². The Morgan fingerprint density at radius 2 is 2.08 bits per heavy atom. The molecule has 0 spiro atoms. The normalized spacial score (nSPS) is 22.2. The quantitative estimate of drug-likeness (QED) is 0.694. The van der Waals surface area contributed by atoms with E-state index in [4.69, 9.17) is 4.78 Å². The van der Waals surface area contributed by atoms with Gasteiger partial charge in [-0.25, -0.2) is 8.99 Å². The van der Waals surface area contributed by atoms with Gasteiger partial charge >= 0.3 is 0 Å². The molecule has 0 aromatic heterocycles. The van der Waals surface area contributed by atoms with Crippen LogP contribution >= 0.6 is 0 Å². The summed E-state index contributed by atoms with van der Waals surface area (Å²) in [6.45, 7) is 6.22. The van der Waals surface area contributed by atoms with Crippen molar-refractivity contribution in [2.75, 3.05) is 6.26 Å². The molecule has 1 N–H and O–H groups in total. The molecule has 74 valence electrons. The molecule has 1 atom stereocenters. The summed E-state index contributed by atoms with van der Waals surface area (Å²) in [5.41, 5.74) is 1.03. The highest BCUT2D eigenvalue weighted by atomic mass is 32.2. The van der Waals surface area contributed by atoms with Crippen LogP contribution in [0.4, 0.5) is 0 Å². The van der Waals surface area contributed by atoms with E-state index in [1.165, 1.54) is 6.26 Å². The molecule has 13 heavy (non-hydrogen) atoms. The molecule has 0 aromatic rings. The summed E-state index contributed by atoms with van der Waals surface area (Å²) in [5.74, 6) is 0. The summed E-state index contributed by atoms with van der Waals surface area (Å²) in [7, 11) is -2.55. The van der Waals surface area contributed by atoms with Gasteiger partial charge in [-0.15, -0.1) is 0 Å². The summed E-state index contributed by atoms with van der Waals surface area (Å²) in [6.07, 6.45) is 3.64. The van der Waals surface area contributed by atoms with E-state index in [1.54, 1.807) is 6.20 Å². The first-order chi connectivity index (χ1) is 5.71. The van der Waals surface area contributed by atoms with Crippen LogP contribution in [-0.4, -0.2) is 16.2 Å². The van der Waals surface area contributed by atoms with Crippen LogP contribution in [0.15, 0.2) is 16.1 Å². The van der Waals surface area contributed by atoms with Crippen molar-refractivity contribution >= 4 is 15.4 Å². The highest BCUT2D eigenvalue weighted by Crippen LogP contribution is 2.27. The molecular weight excluding hydrogens is 184 g/mol. The minimum absolute atomic E-state index is 0.0168. The third-order valence-electron chi connectivity index (χ3n) is 2.07. The molecule has 0 saturated heterocycles. The predicted molar refractivity (Wildman–Crippen MR) is 56.4 cm³/mol. The molecule has 1 unspecified atom stereocenters. The Kier molecular flexibility index (Phi) is 2.36. The third kappa shape index (κ3) is 2.40. The van der Waals surface area contributed by atoms with Crippen LogP contribution in [0.1, 0.15) is 27.2 Å². The Morgan fingerprint density at radius 3 is 2.31 bits per heavy atom. The smallest absolute Gasteiger partial charge is 0.0677 e. The van der Waals surface area contributed by atoms with Crippen molar-refractivity contribution in [2.24, 2.45) is 10.4 Å². The van der Waals surface area contributed by atoms with Gasteiger partial charge in [0, 0.05) is 34.9 Å². The van der Waals surface area contributed by atoms with Crippen LogP contribution in [0.3, 0.4) is 0 Å². The van der Waals surface area contributed by atoms with Crippen LogP contribution in [0.2, 0.25) is 0 Å². The lowest BCUT2D eigenvalue weighted by Crippen LogP contribution is -2.19. The Labute approximate surface area is 79.9 Å². The fraction of sp³-hybridized carbons (Fsp3) is 0.667. The lowest BCUT2D eigenvalue weighted by atomic mass is 9.89. The van der Waals surface area contributed by atoms with Gasteiger partial charge in [0.2, 0.25) is 0 Å². The summed E-state index contributed by atoms with van der Waals surface area (Å²) in [4.78, 5) is 4.86. The maximum atomic E-state index is 11.4. The van der Waals surface area contributed by atoms with E-state index in [-0.39, 0.29) is 5.41 Å². The van der Waals surface area contributed by atoms with Crippen molar-refractivity contribution < 1.29 is 4.21 Å². The molecule has 3 nitrogen and oxygen atoms in total. The average molecular weight is 200 g/mol. The van der Waals surface area contributed by atoms with Gasteiger partial charge < -0.3 is 0 Å². The Balaban J connectivity index is 2.82. The van der Waals surface area contributed by atoms with Crippen molar-refractivity contribution in [3.63, 3.8) is 0 Å². The van der Waals surface area contributed by atoms with Gasteiger partial charge in [0.1, 0.15) is 0 Å². The van der Waals surface area contributed by atoms with Gasteiger partial charge in [-0.05, 0) is 0 Å². The second kappa shape index (κ2) is 2.94. The maximum absolute atomic E-state index is 11.4. The van der Waals surface area contributed by atoms with Gasteiger partial charge in [0.15, 0.2) is 0 Å². The first-order valence-electron chi connectivity index (χ1n) is 4.21. The van der Waals surface area contributed by atoms with Crippen molar-refractivity contribution in [2.45, 2.75) is 27.2 Å². The summed E-state index contributed by atoms with van der Waals surface area (Å²) < 4.78 is 18.8. The zero-order valence-corrected chi connectivity index (χ0v) is 9.36. The molecule has 1 rings (SSSR count). The molecular formula is C9H16N2OS. The summed E-state index contributed by atoms with van der Waals surface area (Å²) in [6, 6.07) is 0. The van der Waals surface area contributed by atoms with E-state index in [0.717, 1.165) is 5.71 Å². The average Bonchev–Trinajstić information content (AvgIpc) is 2.28. The van der Waals surface area contributed by atoms with Gasteiger partial charge in [0.05, 0.1) is 9.73 Å². The molecule has 4 heteroatoms. The molecule has 1 aliphatic heterocycles. The Morgan fingerprint density at radius 1 is 1.54 bits per heavy atom. The van der Waals surface area contributed by atoms with Crippen molar-refractivity contribution in [3.05, 3.63) is 11.1 Å². The number of hydrogen-bond acceptors (Lipinski definition) is 3. The molecule has 1 aliphatic rings. The first kappa shape index (κ1) is 10.4. The van der Waals surface area contributed by atoms with Crippen LogP contribution in [-0.2, 0) is 9.73 Å². The Hall–Kier alpha value is -0.640. The highest BCUT2D eigenvalue weighted by molar-refractivity contribution is 7.95. The number of rotatable bonds is 1.